The predicted octanol–water partition coefficient (Wildman–Crippen LogP) is 3.00. The zero-order chi connectivity index (χ0) is 16.1. The number of halogens is 1. The summed E-state index contributed by atoms with van der Waals surface area (Å²) in [5, 5.41) is 6.58. The number of ether oxygens (including phenoxy) is 1. The van der Waals surface area contributed by atoms with Crippen LogP contribution >= 0.6 is 12.4 Å². The highest BCUT2D eigenvalue weighted by Gasteiger charge is 2.33. The van der Waals surface area contributed by atoms with Crippen molar-refractivity contribution >= 4 is 18.3 Å². The summed E-state index contributed by atoms with van der Waals surface area (Å²) >= 11 is 0. The van der Waals surface area contributed by atoms with Crippen molar-refractivity contribution < 1.29 is 9.53 Å². The van der Waals surface area contributed by atoms with E-state index in [2.05, 4.69) is 41.8 Å². The van der Waals surface area contributed by atoms with Crippen molar-refractivity contribution in [1.82, 2.24) is 10.6 Å². The number of amides is 1. The third-order valence-electron chi connectivity index (χ3n) is 5.03. The number of rotatable bonds is 4. The number of piperidine rings is 1. The van der Waals surface area contributed by atoms with Gasteiger partial charge in [0.1, 0.15) is 0 Å². The SMILES string of the molecule is Cc1ccc(C2OCCCC2C(=O)NCC2CCCNC2)cc1.Cl. The van der Waals surface area contributed by atoms with E-state index >= 15 is 0 Å². The first-order valence-corrected chi connectivity index (χ1v) is 8.90. The minimum Gasteiger partial charge on any atom is -0.373 e. The largest absolute Gasteiger partial charge is 0.373 e. The summed E-state index contributed by atoms with van der Waals surface area (Å²) in [6.07, 6.45) is 4.18. The van der Waals surface area contributed by atoms with Gasteiger partial charge in [-0.15, -0.1) is 12.4 Å². The van der Waals surface area contributed by atoms with Crippen molar-refractivity contribution in [2.45, 2.75) is 38.7 Å². The molecule has 0 saturated carbocycles. The van der Waals surface area contributed by atoms with Crippen LogP contribution in [0.25, 0.3) is 0 Å². The Morgan fingerprint density at radius 3 is 2.75 bits per heavy atom. The number of aryl methyl sites for hydroxylation is 1. The molecule has 3 unspecified atom stereocenters. The molecule has 4 nitrogen and oxygen atoms in total. The second-order valence-corrected chi connectivity index (χ2v) is 6.91. The average molecular weight is 353 g/mol. The van der Waals surface area contributed by atoms with E-state index in [0.29, 0.717) is 5.92 Å². The molecule has 24 heavy (non-hydrogen) atoms. The van der Waals surface area contributed by atoms with E-state index in [0.717, 1.165) is 44.6 Å². The van der Waals surface area contributed by atoms with Crippen LogP contribution < -0.4 is 10.6 Å². The van der Waals surface area contributed by atoms with E-state index in [-0.39, 0.29) is 30.3 Å². The maximum atomic E-state index is 12.7. The molecule has 2 aliphatic rings. The molecule has 0 aromatic heterocycles. The number of carbonyl (C=O) groups is 1. The first kappa shape index (κ1) is 19.2. The van der Waals surface area contributed by atoms with Gasteiger partial charge in [-0.3, -0.25) is 4.79 Å². The topological polar surface area (TPSA) is 50.4 Å². The van der Waals surface area contributed by atoms with Gasteiger partial charge in [0.2, 0.25) is 5.91 Å². The van der Waals surface area contributed by atoms with E-state index in [9.17, 15) is 4.79 Å². The van der Waals surface area contributed by atoms with E-state index in [1.54, 1.807) is 0 Å². The lowest BCUT2D eigenvalue weighted by Crippen LogP contribution is -2.42. The predicted molar refractivity (Wildman–Crippen MR) is 98.4 cm³/mol. The highest BCUT2D eigenvalue weighted by Crippen LogP contribution is 2.34. The van der Waals surface area contributed by atoms with Gasteiger partial charge in [0.25, 0.3) is 0 Å². The number of hydrogen-bond donors (Lipinski definition) is 2. The lowest BCUT2D eigenvalue weighted by atomic mass is 9.88. The fourth-order valence-electron chi connectivity index (χ4n) is 3.61. The summed E-state index contributed by atoms with van der Waals surface area (Å²) in [7, 11) is 0. The summed E-state index contributed by atoms with van der Waals surface area (Å²) in [5.74, 6) is 0.652. The molecular weight excluding hydrogens is 324 g/mol. The van der Waals surface area contributed by atoms with Crippen LogP contribution in [0.15, 0.2) is 24.3 Å². The van der Waals surface area contributed by atoms with Crippen molar-refractivity contribution in [3.05, 3.63) is 35.4 Å². The molecule has 5 heteroatoms. The normalized spacial score (nSPS) is 27.1. The fraction of sp³-hybridized carbons (Fsp3) is 0.632. The molecule has 2 N–H and O–H groups in total. The van der Waals surface area contributed by atoms with Crippen LogP contribution in [0.1, 0.15) is 42.9 Å². The molecule has 1 aromatic rings. The van der Waals surface area contributed by atoms with Crippen LogP contribution in [-0.2, 0) is 9.53 Å². The molecule has 3 rings (SSSR count). The van der Waals surface area contributed by atoms with Gasteiger partial charge in [0.05, 0.1) is 12.0 Å². The summed E-state index contributed by atoms with van der Waals surface area (Å²) in [6, 6.07) is 8.37. The zero-order valence-electron chi connectivity index (χ0n) is 14.4. The van der Waals surface area contributed by atoms with Gasteiger partial charge in [-0.1, -0.05) is 29.8 Å². The molecule has 2 fully saturated rings. The lowest BCUT2D eigenvalue weighted by Gasteiger charge is -2.32. The highest BCUT2D eigenvalue weighted by molar-refractivity contribution is 5.85. The van der Waals surface area contributed by atoms with Gasteiger partial charge in [-0.05, 0) is 57.2 Å². The average Bonchev–Trinajstić information content (AvgIpc) is 2.61. The molecule has 134 valence electrons. The molecule has 2 aliphatic heterocycles. The molecule has 2 saturated heterocycles. The lowest BCUT2D eigenvalue weighted by molar-refractivity contribution is -0.134. The van der Waals surface area contributed by atoms with Gasteiger partial charge in [-0.2, -0.15) is 0 Å². The van der Waals surface area contributed by atoms with Crippen molar-refractivity contribution in [1.29, 1.82) is 0 Å². The molecular formula is C19H29ClN2O2. The number of nitrogens with one attached hydrogen (secondary N) is 2. The van der Waals surface area contributed by atoms with E-state index < -0.39 is 0 Å². The maximum Gasteiger partial charge on any atom is 0.226 e. The Hall–Kier alpha value is -1.10. The zero-order valence-corrected chi connectivity index (χ0v) is 15.2. The fourth-order valence-corrected chi connectivity index (χ4v) is 3.61. The van der Waals surface area contributed by atoms with Gasteiger partial charge < -0.3 is 15.4 Å². The van der Waals surface area contributed by atoms with Crippen molar-refractivity contribution in [3.8, 4) is 0 Å². The molecule has 2 heterocycles. The smallest absolute Gasteiger partial charge is 0.226 e. The Labute approximate surface area is 151 Å². The van der Waals surface area contributed by atoms with Crippen LogP contribution in [0.4, 0.5) is 0 Å². The summed E-state index contributed by atoms with van der Waals surface area (Å²) in [4.78, 5) is 12.7. The van der Waals surface area contributed by atoms with Gasteiger partial charge in [-0.25, -0.2) is 0 Å². The van der Waals surface area contributed by atoms with Gasteiger partial charge in [0, 0.05) is 13.2 Å². The van der Waals surface area contributed by atoms with Crippen LogP contribution in [0.5, 0.6) is 0 Å². The number of carbonyl (C=O) groups excluding carboxylic acids is 1. The Kier molecular flexibility index (Phi) is 7.53. The highest BCUT2D eigenvalue weighted by atomic mass is 35.5. The summed E-state index contributed by atoms with van der Waals surface area (Å²) in [5.41, 5.74) is 2.35. The minimum atomic E-state index is -0.103. The number of benzene rings is 1. The maximum absolute atomic E-state index is 12.7. The first-order valence-electron chi connectivity index (χ1n) is 8.90. The van der Waals surface area contributed by atoms with Crippen LogP contribution in [-0.4, -0.2) is 32.1 Å². The second kappa shape index (κ2) is 9.40. The monoisotopic (exact) mass is 352 g/mol. The Morgan fingerprint density at radius 1 is 1.25 bits per heavy atom. The Balaban J connectivity index is 0.00000208. The van der Waals surface area contributed by atoms with Crippen molar-refractivity contribution in [2.24, 2.45) is 11.8 Å². The van der Waals surface area contributed by atoms with Gasteiger partial charge in [0.15, 0.2) is 0 Å². The third kappa shape index (κ3) is 4.95. The van der Waals surface area contributed by atoms with Crippen molar-refractivity contribution in [2.75, 3.05) is 26.2 Å². The third-order valence-corrected chi connectivity index (χ3v) is 5.03. The quantitative estimate of drug-likeness (QED) is 0.875. The molecule has 0 spiro atoms. The molecule has 3 atom stereocenters. The molecule has 0 bridgehead atoms. The van der Waals surface area contributed by atoms with E-state index in [1.165, 1.54) is 18.4 Å². The Morgan fingerprint density at radius 2 is 2.04 bits per heavy atom. The number of hydrogen-bond acceptors (Lipinski definition) is 3. The summed E-state index contributed by atoms with van der Waals surface area (Å²) in [6.45, 7) is 5.73. The molecule has 1 aromatic carbocycles. The van der Waals surface area contributed by atoms with Gasteiger partial charge >= 0.3 is 0 Å². The van der Waals surface area contributed by atoms with Crippen LogP contribution in [0.2, 0.25) is 0 Å². The molecule has 0 aliphatic carbocycles. The Bertz CT molecular complexity index is 515. The standard InChI is InChI=1S/C19H28N2O2.ClH/c1-14-6-8-16(9-7-14)18-17(5-3-11-23-18)19(22)21-13-15-4-2-10-20-12-15;/h6-9,15,17-18,20H,2-5,10-13H2,1H3,(H,21,22);1H. The van der Waals surface area contributed by atoms with Crippen LogP contribution in [0, 0.1) is 18.8 Å². The summed E-state index contributed by atoms with van der Waals surface area (Å²) < 4.78 is 5.96. The minimum absolute atomic E-state index is 0. The van der Waals surface area contributed by atoms with Crippen molar-refractivity contribution in [3.63, 3.8) is 0 Å². The van der Waals surface area contributed by atoms with Crippen LogP contribution in [0.3, 0.4) is 0 Å². The van der Waals surface area contributed by atoms with E-state index in [4.69, 9.17) is 4.74 Å². The molecule has 0 radical (unpaired) electrons. The molecule has 1 amide bonds. The van der Waals surface area contributed by atoms with E-state index in [1.807, 2.05) is 0 Å². The second-order valence-electron chi connectivity index (χ2n) is 6.91. The first-order chi connectivity index (χ1) is 11.2.